The fourth-order valence-electron chi connectivity index (χ4n) is 2.10. The minimum Gasteiger partial charge on any atom is -0.507 e. The summed E-state index contributed by atoms with van der Waals surface area (Å²) in [4.78, 5) is 6.88. The van der Waals surface area contributed by atoms with Gasteiger partial charge in [0, 0.05) is 11.6 Å². The Kier molecular flexibility index (Phi) is 4.56. The molecule has 0 aliphatic carbocycles. The lowest BCUT2D eigenvalue weighted by Crippen LogP contribution is -2.13. The van der Waals surface area contributed by atoms with Crippen LogP contribution in [0.3, 0.4) is 0 Å². The van der Waals surface area contributed by atoms with Gasteiger partial charge in [0.05, 0.1) is 17.8 Å². The number of hydrogen-bond donors (Lipinski definition) is 2. The third-order valence-corrected chi connectivity index (χ3v) is 3.53. The van der Waals surface area contributed by atoms with Gasteiger partial charge in [0.2, 0.25) is 5.95 Å². The predicted molar refractivity (Wildman–Crippen MR) is 79.5 cm³/mol. The van der Waals surface area contributed by atoms with Crippen LogP contribution in [0.2, 0.25) is 5.02 Å². The Labute approximate surface area is 134 Å². The summed E-state index contributed by atoms with van der Waals surface area (Å²) >= 11 is 5.80. The average Bonchev–Trinajstić information content (AvgIpc) is 2.48. The van der Waals surface area contributed by atoms with Crippen molar-refractivity contribution in [2.45, 2.75) is 19.5 Å². The molecule has 0 fully saturated rings. The van der Waals surface area contributed by atoms with Gasteiger partial charge in [-0.3, -0.25) is 0 Å². The molecule has 1 aromatic heterocycles. The van der Waals surface area contributed by atoms with Crippen LogP contribution >= 0.6 is 11.6 Å². The van der Waals surface area contributed by atoms with Crippen molar-refractivity contribution in [2.75, 3.05) is 12.8 Å². The highest BCUT2D eigenvalue weighted by molar-refractivity contribution is 6.33. The van der Waals surface area contributed by atoms with Gasteiger partial charge in [-0.1, -0.05) is 18.5 Å². The van der Waals surface area contributed by atoms with Crippen molar-refractivity contribution in [3.63, 3.8) is 0 Å². The molecule has 0 amide bonds. The normalized spacial score (nSPS) is 11.6. The van der Waals surface area contributed by atoms with Gasteiger partial charge in [0.15, 0.2) is 5.69 Å². The first-order chi connectivity index (χ1) is 10.7. The lowest BCUT2D eigenvalue weighted by atomic mass is 10.0. The highest BCUT2D eigenvalue weighted by Crippen LogP contribution is 2.42. The molecule has 2 rings (SSSR count). The summed E-state index contributed by atoms with van der Waals surface area (Å²) in [5.74, 6) is -0.514. The van der Waals surface area contributed by atoms with Crippen LogP contribution in [0.5, 0.6) is 11.5 Å². The van der Waals surface area contributed by atoms with Crippen LogP contribution < -0.4 is 10.5 Å². The number of rotatable bonds is 3. The number of anilines is 1. The molecule has 0 saturated heterocycles. The summed E-state index contributed by atoms with van der Waals surface area (Å²) in [6, 6.07) is 2.75. The fraction of sp³-hybridized carbons (Fsp3) is 0.286. The summed E-state index contributed by atoms with van der Waals surface area (Å²) in [5.41, 5.74) is 4.40. The number of nitrogens with two attached hydrogens (primary N) is 1. The number of nitrogens with zero attached hydrogens (tertiary/aromatic N) is 2. The molecule has 23 heavy (non-hydrogen) atoms. The summed E-state index contributed by atoms with van der Waals surface area (Å²) in [6.45, 7) is 1.83. The highest BCUT2D eigenvalue weighted by Gasteiger charge is 2.37. The van der Waals surface area contributed by atoms with Crippen LogP contribution in [-0.4, -0.2) is 22.2 Å². The number of aromatic hydroxyl groups is 1. The molecular weight excluding hydrogens is 335 g/mol. The Hall–Kier alpha value is -2.22. The molecular formula is C14H13ClF3N3O2. The molecule has 1 heterocycles. The van der Waals surface area contributed by atoms with Gasteiger partial charge < -0.3 is 15.6 Å². The van der Waals surface area contributed by atoms with E-state index in [9.17, 15) is 18.3 Å². The van der Waals surface area contributed by atoms with Crippen LogP contribution in [0.4, 0.5) is 19.1 Å². The molecule has 0 aliphatic heterocycles. The highest BCUT2D eigenvalue weighted by atomic mass is 35.5. The Bertz CT molecular complexity index is 751. The predicted octanol–water partition coefficient (Wildman–Crippen LogP) is 3.67. The van der Waals surface area contributed by atoms with Crippen molar-refractivity contribution in [2.24, 2.45) is 0 Å². The Morgan fingerprint density at radius 3 is 2.48 bits per heavy atom. The molecule has 0 unspecified atom stereocenters. The zero-order valence-corrected chi connectivity index (χ0v) is 13.0. The van der Waals surface area contributed by atoms with E-state index in [1.807, 2.05) is 6.92 Å². The van der Waals surface area contributed by atoms with Crippen molar-refractivity contribution >= 4 is 17.5 Å². The molecule has 124 valence electrons. The number of benzene rings is 1. The summed E-state index contributed by atoms with van der Waals surface area (Å²) in [5, 5.41) is 9.36. The average molecular weight is 348 g/mol. The van der Waals surface area contributed by atoms with Crippen LogP contribution in [0, 0.1) is 0 Å². The second-order valence-electron chi connectivity index (χ2n) is 4.63. The number of nitrogen functional groups attached to an aromatic ring is 1. The molecule has 0 radical (unpaired) electrons. The number of alkyl halides is 3. The number of methoxy groups -OCH3 is 1. The first-order valence-electron chi connectivity index (χ1n) is 6.49. The number of aromatic nitrogens is 2. The molecule has 5 nitrogen and oxygen atoms in total. The third kappa shape index (κ3) is 3.26. The monoisotopic (exact) mass is 347 g/mol. The van der Waals surface area contributed by atoms with E-state index >= 15 is 0 Å². The molecule has 0 spiro atoms. The second kappa shape index (κ2) is 6.11. The standard InChI is InChI=1S/C14H13ClF3N3O2/c1-3-6-4-7(8(22)5-9(6)23-2)11-10(15)12(14(16,17)18)21-13(19)20-11/h4-5,22H,3H2,1-2H3,(H2,19,20,21). The van der Waals surface area contributed by atoms with Crippen LogP contribution in [0.15, 0.2) is 12.1 Å². The maximum absolute atomic E-state index is 13.0. The van der Waals surface area contributed by atoms with E-state index in [0.717, 1.165) is 0 Å². The first kappa shape index (κ1) is 17.1. The second-order valence-corrected chi connectivity index (χ2v) is 5.00. The van der Waals surface area contributed by atoms with Crippen molar-refractivity contribution in [3.8, 4) is 22.8 Å². The summed E-state index contributed by atoms with van der Waals surface area (Å²) in [6.07, 6.45) is -4.26. The van der Waals surface area contributed by atoms with Crippen molar-refractivity contribution in [1.29, 1.82) is 0 Å². The Morgan fingerprint density at radius 2 is 1.96 bits per heavy atom. The molecule has 0 atom stereocenters. The number of hydrogen-bond acceptors (Lipinski definition) is 5. The van der Waals surface area contributed by atoms with Crippen molar-refractivity contribution in [1.82, 2.24) is 9.97 Å². The van der Waals surface area contributed by atoms with Gasteiger partial charge >= 0.3 is 6.18 Å². The maximum atomic E-state index is 13.0. The molecule has 9 heteroatoms. The van der Waals surface area contributed by atoms with E-state index in [1.54, 1.807) is 0 Å². The van der Waals surface area contributed by atoms with Crippen LogP contribution in [-0.2, 0) is 12.6 Å². The largest absolute Gasteiger partial charge is 0.507 e. The Morgan fingerprint density at radius 1 is 1.30 bits per heavy atom. The van der Waals surface area contributed by atoms with Crippen LogP contribution in [0.25, 0.3) is 11.3 Å². The van der Waals surface area contributed by atoms with E-state index in [0.29, 0.717) is 17.7 Å². The zero-order valence-electron chi connectivity index (χ0n) is 12.2. The van der Waals surface area contributed by atoms with Gasteiger partial charge in [-0.05, 0) is 18.1 Å². The molecule has 3 N–H and O–H groups in total. The van der Waals surface area contributed by atoms with Gasteiger partial charge in [-0.2, -0.15) is 13.2 Å². The minimum atomic E-state index is -4.79. The number of ether oxygens (including phenoxy) is 1. The summed E-state index contributed by atoms with van der Waals surface area (Å²) in [7, 11) is 1.42. The lowest BCUT2D eigenvalue weighted by Gasteiger charge is -2.15. The molecule has 0 bridgehead atoms. The van der Waals surface area contributed by atoms with Gasteiger partial charge in [-0.15, -0.1) is 0 Å². The zero-order chi connectivity index (χ0) is 17.4. The summed E-state index contributed by atoms with van der Waals surface area (Å²) < 4.78 is 44.0. The SMILES string of the molecule is CCc1cc(-c2nc(N)nc(C(F)(F)F)c2Cl)c(O)cc1OC. The molecule has 0 aliphatic rings. The van der Waals surface area contributed by atoms with Crippen molar-refractivity contribution in [3.05, 3.63) is 28.4 Å². The van der Waals surface area contributed by atoms with E-state index in [-0.39, 0.29) is 17.0 Å². The number of aryl methyl sites for hydroxylation is 1. The Balaban J connectivity index is 2.75. The van der Waals surface area contributed by atoms with Crippen molar-refractivity contribution < 1.29 is 23.0 Å². The number of phenolic OH excluding ortho intramolecular Hbond substituents is 1. The third-order valence-electron chi connectivity index (χ3n) is 3.17. The quantitative estimate of drug-likeness (QED) is 0.885. The topological polar surface area (TPSA) is 81.3 Å². The first-order valence-corrected chi connectivity index (χ1v) is 6.87. The number of halogens is 4. The van der Waals surface area contributed by atoms with Gasteiger partial charge in [-0.25, -0.2) is 9.97 Å². The lowest BCUT2D eigenvalue weighted by molar-refractivity contribution is -0.141. The van der Waals surface area contributed by atoms with E-state index in [4.69, 9.17) is 22.1 Å². The van der Waals surface area contributed by atoms with Crippen LogP contribution in [0.1, 0.15) is 18.2 Å². The fourth-order valence-corrected chi connectivity index (χ4v) is 2.39. The molecule has 1 aromatic carbocycles. The maximum Gasteiger partial charge on any atom is 0.435 e. The minimum absolute atomic E-state index is 0.0206. The van der Waals surface area contributed by atoms with E-state index < -0.39 is 22.8 Å². The van der Waals surface area contributed by atoms with Gasteiger partial charge in [0.25, 0.3) is 0 Å². The van der Waals surface area contributed by atoms with E-state index in [1.165, 1.54) is 19.2 Å². The smallest absolute Gasteiger partial charge is 0.435 e. The molecule has 0 saturated carbocycles. The van der Waals surface area contributed by atoms with Gasteiger partial charge in [0.1, 0.15) is 11.5 Å². The molecule has 2 aromatic rings. The number of phenols is 1. The van der Waals surface area contributed by atoms with E-state index in [2.05, 4.69) is 9.97 Å².